The molecule has 0 aliphatic carbocycles. The molecular formula is C17H18ClN3O2. The van der Waals surface area contributed by atoms with Crippen LogP contribution in [0, 0.1) is 0 Å². The summed E-state index contributed by atoms with van der Waals surface area (Å²) in [5.41, 5.74) is 1.43. The van der Waals surface area contributed by atoms with Gasteiger partial charge in [-0.15, -0.1) is 0 Å². The molecule has 2 aromatic rings. The van der Waals surface area contributed by atoms with E-state index in [4.69, 9.17) is 11.6 Å². The van der Waals surface area contributed by atoms with Crippen molar-refractivity contribution < 1.29 is 9.59 Å². The number of amides is 2. The Kier molecular flexibility index (Phi) is 6.11. The van der Waals surface area contributed by atoms with Crippen LogP contribution < -0.4 is 5.32 Å². The van der Waals surface area contributed by atoms with E-state index in [9.17, 15) is 9.59 Å². The Morgan fingerprint density at radius 2 is 2.04 bits per heavy atom. The lowest BCUT2D eigenvalue weighted by Crippen LogP contribution is -2.31. The number of pyridine rings is 1. The number of nitrogens with one attached hydrogen (secondary N) is 1. The molecule has 6 heteroatoms. The molecule has 1 N–H and O–H groups in total. The summed E-state index contributed by atoms with van der Waals surface area (Å²) in [5.74, 6) is -0.259. The van der Waals surface area contributed by atoms with Gasteiger partial charge in [-0.2, -0.15) is 0 Å². The number of carbonyl (C=O) groups is 2. The standard InChI is InChI=1S/C17H18ClN3O2/c1-13(22)21(12-16-6-2-3-9-19-16)10-8-17(23)20-15-7-4-5-14(18)11-15/h2-7,9,11H,8,10,12H2,1H3,(H,20,23). The summed E-state index contributed by atoms with van der Waals surface area (Å²) in [5, 5.41) is 3.32. The molecule has 1 aromatic heterocycles. The molecule has 0 fully saturated rings. The Labute approximate surface area is 140 Å². The summed E-state index contributed by atoms with van der Waals surface area (Å²) >= 11 is 5.88. The maximum absolute atomic E-state index is 12.0. The van der Waals surface area contributed by atoms with E-state index in [0.29, 0.717) is 23.8 Å². The van der Waals surface area contributed by atoms with E-state index in [1.54, 1.807) is 35.4 Å². The van der Waals surface area contributed by atoms with Crippen LogP contribution in [0.4, 0.5) is 5.69 Å². The lowest BCUT2D eigenvalue weighted by molar-refractivity contribution is -0.130. The molecule has 0 bridgehead atoms. The first-order chi connectivity index (χ1) is 11.0. The third-order valence-corrected chi connectivity index (χ3v) is 3.48. The van der Waals surface area contributed by atoms with Crippen LogP contribution in [0.25, 0.3) is 0 Å². The third kappa shape index (κ3) is 5.71. The van der Waals surface area contributed by atoms with Crippen molar-refractivity contribution in [1.29, 1.82) is 0 Å². The molecule has 0 aliphatic rings. The Hall–Kier alpha value is -2.40. The number of rotatable bonds is 6. The summed E-state index contributed by atoms with van der Waals surface area (Å²) in [6.45, 7) is 2.21. The first-order valence-corrected chi connectivity index (χ1v) is 7.63. The lowest BCUT2D eigenvalue weighted by Gasteiger charge is -2.20. The van der Waals surface area contributed by atoms with E-state index in [1.807, 2.05) is 18.2 Å². The summed E-state index contributed by atoms with van der Waals surface area (Å²) in [7, 11) is 0. The van der Waals surface area contributed by atoms with E-state index in [-0.39, 0.29) is 18.2 Å². The van der Waals surface area contributed by atoms with Crippen LogP contribution in [0.15, 0.2) is 48.7 Å². The molecule has 23 heavy (non-hydrogen) atoms. The van der Waals surface area contributed by atoms with Crippen LogP contribution >= 0.6 is 11.6 Å². The van der Waals surface area contributed by atoms with Crippen molar-refractivity contribution in [3.63, 3.8) is 0 Å². The van der Waals surface area contributed by atoms with Crippen LogP contribution in [0.1, 0.15) is 19.0 Å². The van der Waals surface area contributed by atoms with Crippen LogP contribution in [-0.4, -0.2) is 28.2 Å². The number of carbonyl (C=O) groups excluding carboxylic acids is 2. The number of hydrogen-bond acceptors (Lipinski definition) is 3. The van der Waals surface area contributed by atoms with E-state index in [1.165, 1.54) is 6.92 Å². The lowest BCUT2D eigenvalue weighted by atomic mass is 10.2. The zero-order valence-electron chi connectivity index (χ0n) is 12.8. The van der Waals surface area contributed by atoms with Crippen molar-refractivity contribution >= 4 is 29.1 Å². The van der Waals surface area contributed by atoms with Gasteiger partial charge in [0.2, 0.25) is 11.8 Å². The zero-order valence-corrected chi connectivity index (χ0v) is 13.6. The van der Waals surface area contributed by atoms with Crippen molar-refractivity contribution in [2.75, 3.05) is 11.9 Å². The zero-order chi connectivity index (χ0) is 16.7. The predicted molar refractivity (Wildman–Crippen MR) is 90.0 cm³/mol. The monoisotopic (exact) mass is 331 g/mol. The van der Waals surface area contributed by atoms with Crippen molar-refractivity contribution in [3.05, 3.63) is 59.4 Å². The highest BCUT2D eigenvalue weighted by atomic mass is 35.5. The SMILES string of the molecule is CC(=O)N(CCC(=O)Nc1cccc(Cl)c1)Cc1ccccn1. The molecule has 120 valence electrons. The Balaban J connectivity index is 1.88. The Bertz CT molecular complexity index is 677. The summed E-state index contributed by atoms with van der Waals surface area (Å²) in [6.07, 6.45) is 1.89. The Morgan fingerprint density at radius 1 is 1.22 bits per heavy atom. The second-order valence-electron chi connectivity index (χ2n) is 5.07. The molecule has 2 amide bonds. The largest absolute Gasteiger partial charge is 0.337 e. The fourth-order valence-electron chi connectivity index (χ4n) is 2.06. The van der Waals surface area contributed by atoms with Gasteiger partial charge in [0.25, 0.3) is 0 Å². The number of halogens is 1. The normalized spacial score (nSPS) is 10.2. The maximum Gasteiger partial charge on any atom is 0.226 e. The van der Waals surface area contributed by atoms with Gasteiger partial charge in [-0.25, -0.2) is 0 Å². The number of anilines is 1. The molecule has 5 nitrogen and oxygen atoms in total. The van der Waals surface area contributed by atoms with Crippen LogP contribution in [0.5, 0.6) is 0 Å². The van der Waals surface area contributed by atoms with Gasteiger partial charge in [0.1, 0.15) is 0 Å². The van der Waals surface area contributed by atoms with Crippen molar-refractivity contribution in [3.8, 4) is 0 Å². The topological polar surface area (TPSA) is 62.3 Å². The van der Waals surface area contributed by atoms with Gasteiger partial charge in [0.15, 0.2) is 0 Å². The van der Waals surface area contributed by atoms with E-state index < -0.39 is 0 Å². The minimum Gasteiger partial charge on any atom is -0.337 e. The van der Waals surface area contributed by atoms with Gasteiger partial charge in [-0.05, 0) is 30.3 Å². The summed E-state index contributed by atoms with van der Waals surface area (Å²) in [4.78, 5) is 29.5. The first kappa shape index (κ1) is 17.0. The van der Waals surface area contributed by atoms with Crippen LogP contribution in [0.2, 0.25) is 5.02 Å². The van der Waals surface area contributed by atoms with E-state index in [0.717, 1.165) is 5.69 Å². The highest BCUT2D eigenvalue weighted by molar-refractivity contribution is 6.30. The maximum atomic E-state index is 12.0. The molecule has 0 spiro atoms. The second kappa shape index (κ2) is 8.29. The average Bonchev–Trinajstić information content (AvgIpc) is 2.52. The summed E-state index contributed by atoms with van der Waals surface area (Å²) in [6, 6.07) is 12.5. The van der Waals surface area contributed by atoms with Gasteiger partial charge < -0.3 is 10.2 Å². The minimum atomic E-state index is -0.167. The van der Waals surface area contributed by atoms with Gasteiger partial charge in [0.05, 0.1) is 12.2 Å². The number of aromatic nitrogens is 1. The average molecular weight is 332 g/mol. The molecule has 1 heterocycles. The number of hydrogen-bond donors (Lipinski definition) is 1. The molecule has 0 atom stereocenters. The molecule has 0 saturated carbocycles. The van der Waals surface area contributed by atoms with Crippen molar-refractivity contribution in [2.45, 2.75) is 19.9 Å². The highest BCUT2D eigenvalue weighted by Gasteiger charge is 2.12. The van der Waals surface area contributed by atoms with Crippen LogP contribution in [-0.2, 0) is 16.1 Å². The molecule has 2 rings (SSSR count). The second-order valence-corrected chi connectivity index (χ2v) is 5.51. The van der Waals surface area contributed by atoms with Gasteiger partial charge >= 0.3 is 0 Å². The summed E-state index contributed by atoms with van der Waals surface area (Å²) < 4.78 is 0. The fraction of sp³-hybridized carbons (Fsp3) is 0.235. The van der Waals surface area contributed by atoms with Crippen LogP contribution in [0.3, 0.4) is 0 Å². The quantitative estimate of drug-likeness (QED) is 0.884. The number of benzene rings is 1. The molecule has 0 unspecified atom stereocenters. The van der Waals surface area contributed by atoms with Gasteiger partial charge in [0, 0.05) is 36.8 Å². The fourth-order valence-corrected chi connectivity index (χ4v) is 2.25. The molecular weight excluding hydrogens is 314 g/mol. The minimum absolute atomic E-state index is 0.0915. The van der Waals surface area contributed by atoms with E-state index >= 15 is 0 Å². The first-order valence-electron chi connectivity index (χ1n) is 7.25. The van der Waals surface area contributed by atoms with Crippen molar-refractivity contribution in [1.82, 2.24) is 9.88 Å². The molecule has 0 aliphatic heterocycles. The molecule has 0 radical (unpaired) electrons. The Morgan fingerprint density at radius 3 is 2.70 bits per heavy atom. The molecule has 0 saturated heterocycles. The van der Waals surface area contributed by atoms with Crippen molar-refractivity contribution in [2.24, 2.45) is 0 Å². The predicted octanol–water partition coefficient (Wildman–Crippen LogP) is 3.11. The molecule has 1 aromatic carbocycles. The van der Waals surface area contributed by atoms with E-state index in [2.05, 4.69) is 10.3 Å². The van der Waals surface area contributed by atoms with Gasteiger partial charge in [-0.1, -0.05) is 23.7 Å². The van der Waals surface area contributed by atoms with Gasteiger partial charge in [-0.3, -0.25) is 14.6 Å². The third-order valence-electron chi connectivity index (χ3n) is 3.24. The smallest absolute Gasteiger partial charge is 0.226 e. The highest BCUT2D eigenvalue weighted by Crippen LogP contribution is 2.15. The number of nitrogens with zero attached hydrogens (tertiary/aromatic N) is 2.